The van der Waals surface area contributed by atoms with Crippen LogP contribution in [0.2, 0.25) is 10.0 Å². The molecule has 0 bridgehead atoms. The van der Waals surface area contributed by atoms with Crippen molar-refractivity contribution in [2.75, 3.05) is 37.0 Å². The Hall–Kier alpha value is -2.54. The molecule has 8 heteroatoms. The lowest BCUT2D eigenvalue weighted by Gasteiger charge is -2.21. The highest BCUT2D eigenvalue weighted by Crippen LogP contribution is 2.37. The van der Waals surface area contributed by atoms with Crippen molar-refractivity contribution in [3.05, 3.63) is 63.8 Å². The zero-order valence-corrected chi connectivity index (χ0v) is 19.3. The standard InChI is InChI=1S/C23H25Cl2N3O3/c1-4-28(5-2)16-11-9-15(10-12-16)26-23(29)21-19(13-14-30-3)31-27-22(21)20-17(24)7-6-8-18(20)25/h6-12H,4-5,13-14H2,1-3H3,(H,26,29). The summed E-state index contributed by atoms with van der Waals surface area (Å²) in [4.78, 5) is 15.5. The Morgan fingerprint density at radius 3 is 2.32 bits per heavy atom. The summed E-state index contributed by atoms with van der Waals surface area (Å²) >= 11 is 12.7. The predicted molar refractivity (Wildman–Crippen MR) is 125 cm³/mol. The van der Waals surface area contributed by atoms with Gasteiger partial charge in [0, 0.05) is 43.6 Å². The van der Waals surface area contributed by atoms with Gasteiger partial charge in [-0.15, -0.1) is 0 Å². The van der Waals surface area contributed by atoms with Gasteiger partial charge in [-0.1, -0.05) is 34.4 Å². The fourth-order valence-corrected chi connectivity index (χ4v) is 3.93. The monoisotopic (exact) mass is 461 g/mol. The molecule has 164 valence electrons. The zero-order chi connectivity index (χ0) is 22.4. The first-order valence-corrected chi connectivity index (χ1v) is 10.8. The lowest BCUT2D eigenvalue weighted by Crippen LogP contribution is -2.21. The average Bonchev–Trinajstić information content (AvgIpc) is 3.17. The highest BCUT2D eigenvalue weighted by Gasteiger charge is 2.26. The number of hydrogen-bond donors (Lipinski definition) is 1. The van der Waals surface area contributed by atoms with Crippen molar-refractivity contribution in [2.45, 2.75) is 20.3 Å². The maximum atomic E-state index is 13.3. The first-order chi connectivity index (χ1) is 15.0. The van der Waals surface area contributed by atoms with Gasteiger partial charge in [0.15, 0.2) is 5.76 Å². The maximum Gasteiger partial charge on any atom is 0.261 e. The van der Waals surface area contributed by atoms with Crippen molar-refractivity contribution in [3.63, 3.8) is 0 Å². The predicted octanol–water partition coefficient (Wildman–Crippen LogP) is 5.94. The number of ether oxygens (including phenoxy) is 1. The Balaban J connectivity index is 1.95. The molecule has 1 amide bonds. The van der Waals surface area contributed by atoms with Crippen molar-refractivity contribution in [1.29, 1.82) is 0 Å². The fourth-order valence-electron chi connectivity index (χ4n) is 3.36. The van der Waals surface area contributed by atoms with Gasteiger partial charge in [-0.3, -0.25) is 4.79 Å². The molecular weight excluding hydrogens is 437 g/mol. The smallest absolute Gasteiger partial charge is 0.261 e. The Bertz CT molecular complexity index is 1010. The van der Waals surface area contributed by atoms with Gasteiger partial charge in [0.2, 0.25) is 0 Å². The van der Waals surface area contributed by atoms with Crippen LogP contribution in [-0.4, -0.2) is 37.9 Å². The number of halogens is 2. The first kappa shape index (κ1) is 23.1. The summed E-state index contributed by atoms with van der Waals surface area (Å²) < 4.78 is 10.6. The number of carbonyl (C=O) groups excluding carboxylic acids is 1. The Labute approximate surface area is 192 Å². The van der Waals surface area contributed by atoms with E-state index in [1.54, 1.807) is 25.3 Å². The van der Waals surface area contributed by atoms with Crippen molar-refractivity contribution in [1.82, 2.24) is 5.16 Å². The van der Waals surface area contributed by atoms with Crippen LogP contribution in [0, 0.1) is 0 Å². The second-order valence-corrected chi connectivity index (χ2v) is 7.66. The molecule has 3 rings (SSSR count). The number of anilines is 2. The van der Waals surface area contributed by atoms with Crippen LogP contribution in [0.4, 0.5) is 11.4 Å². The molecule has 0 spiro atoms. The number of methoxy groups -OCH3 is 1. The minimum absolute atomic E-state index is 0.292. The van der Waals surface area contributed by atoms with Gasteiger partial charge >= 0.3 is 0 Å². The third-order valence-corrected chi connectivity index (χ3v) is 5.61. The van der Waals surface area contributed by atoms with Crippen molar-refractivity contribution in [3.8, 4) is 11.3 Å². The Morgan fingerprint density at radius 2 is 1.74 bits per heavy atom. The summed E-state index contributed by atoms with van der Waals surface area (Å²) in [5.74, 6) is 0.0547. The zero-order valence-electron chi connectivity index (χ0n) is 17.7. The molecular formula is C23H25Cl2N3O3. The lowest BCUT2D eigenvalue weighted by atomic mass is 10.0. The van der Waals surface area contributed by atoms with E-state index in [-0.39, 0.29) is 5.91 Å². The second-order valence-electron chi connectivity index (χ2n) is 6.84. The number of nitrogens with one attached hydrogen (secondary N) is 1. The molecule has 0 aliphatic carbocycles. The van der Waals surface area contributed by atoms with E-state index in [1.165, 1.54) is 0 Å². The van der Waals surface area contributed by atoms with E-state index in [9.17, 15) is 4.79 Å². The fraction of sp³-hybridized carbons (Fsp3) is 0.304. The first-order valence-electron chi connectivity index (χ1n) is 10.1. The molecule has 31 heavy (non-hydrogen) atoms. The minimum atomic E-state index is -0.353. The number of amides is 1. The molecule has 1 aromatic heterocycles. The molecule has 0 aliphatic heterocycles. The summed E-state index contributed by atoms with van der Waals surface area (Å²) in [6, 6.07) is 12.8. The van der Waals surface area contributed by atoms with Crippen LogP contribution in [0.15, 0.2) is 47.0 Å². The van der Waals surface area contributed by atoms with Gasteiger partial charge in [-0.2, -0.15) is 0 Å². The number of hydrogen-bond acceptors (Lipinski definition) is 5. The summed E-state index contributed by atoms with van der Waals surface area (Å²) in [6.45, 7) is 6.41. The van der Waals surface area contributed by atoms with Gasteiger partial charge in [0.25, 0.3) is 5.91 Å². The molecule has 6 nitrogen and oxygen atoms in total. The molecule has 1 N–H and O–H groups in total. The van der Waals surface area contributed by atoms with E-state index in [0.29, 0.717) is 51.3 Å². The van der Waals surface area contributed by atoms with E-state index in [4.69, 9.17) is 32.5 Å². The van der Waals surface area contributed by atoms with E-state index < -0.39 is 0 Å². The second kappa shape index (κ2) is 10.7. The Kier molecular flexibility index (Phi) is 7.96. The quantitative estimate of drug-likeness (QED) is 0.427. The van der Waals surface area contributed by atoms with Crippen molar-refractivity contribution in [2.24, 2.45) is 0 Å². The van der Waals surface area contributed by atoms with Crippen LogP contribution < -0.4 is 10.2 Å². The van der Waals surface area contributed by atoms with E-state index >= 15 is 0 Å². The van der Waals surface area contributed by atoms with Gasteiger partial charge < -0.3 is 19.5 Å². The summed E-state index contributed by atoms with van der Waals surface area (Å²) in [7, 11) is 1.58. The highest BCUT2D eigenvalue weighted by atomic mass is 35.5. The highest BCUT2D eigenvalue weighted by molar-refractivity contribution is 6.39. The normalized spacial score (nSPS) is 10.9. The van der Waals surface area contributed by atoms with Crippen LogP contribution in [0.3, 0.4) is 0 Å². The third-order valence-electron chi connectivity index (χ3n) is 4.98. The molecule has 0 unspecified atom stereocenters. The summed E-state index contributed by atoms with van der Waals surface area (Å²) in [5, 5.41) is 7.82. The average molecular weight is 462 g/mol. The Morgan fingerprint density at radius 1 is 1.10 bits per heavy atom. The third kappa shape index (κ3) is 5.21. The van der Waals surface area contributed by atoms with Crippen LogP contribution in [0.5, 0.6) is 0 Å². The van der Waals surface area contributed by atoms with Crippen LogP contribution >= 0.6 is 23.2 Å². The summed E-state index contributed by atoms with van der Waals surface area (Å²) in [6.07, 6.45) is 0.384. The number of benzene rings is 2. The van der Waals surface area contributed by atoms with Gasteiger partial charge in [0.05, 0.1) is 16.7 Å². The van der Waals surface area contributed by atoms with Crippen molar-refractivity contribution < 1.29 is 14.1 Å². The molecule has 0 saturated carbocycles. The number of rotatable bonds is 9. The van der Waals surface area contributed by atoms with Crippen LogP contribution in [0.1, 0.15) is 30.0 Å². The maximum absolute atomic E-state index is 13.3. The molecule has 0 saturated heterocycles. The number of nitrogens with zero attached hydrogens (tertiary/aromatic N) is 2. The lowest BCUT2D eigenvalue weighted by molar-refractivity contribution is 0.102. The molecule has 0 radical (unpaired) electrons. The van der Waals surface area contributed by atoms with Crippen molar-refractivity contribution >= 4 is 40.5 Å². The largest absolute Gasteiger partial charge is 0.384 e. The van der Waals surface area contributed by atoms with Crippen LogP contribution in [-0.2, 0) is 11.2 Å². The molecule has 0 aliphatic rings. The van der Waals surface area contributed by atoms with Gasteiger partial charge in [0.1, 0.15) is 11.3 Å². The molecule has 0 atom stereocenters. The minimum Gasteiger partial charge on any atom is -0.384 e. The summed E-state index contributed by atoms with van der Waals surface area (Å²) in [5.41, 5.74) is 2.81. The molecule has 0 fully saturated rings. The van der Waals surface area contributed by atoms with Crippen LogP contribution in [0.25, 0.3) is 11.3 Å². The molecule has 3 aromatic rings. The van der Waals surface area contributed by atoms with E-state index in [1.807, 2.05) is 24.3 Å². The number of carbonyl (C=O) groups is 1. The molecule has 1 heterocycles. The van der Waals surface area contributed by atoms with E-state index in [2.05, 4.69) is 29.2 Å². The molecule has 2 aromatic carbocycles. The van der Waals surface area contributed by atoms with E-state index in [0.717, 1.165) is 18.8 Å². The topological polar surface area (TPSA) is 67.6 Å². The van der Waals surface area contributed by atoms with Gasteiger partial charge in [-0.05, 0) is 50.2 Å². The van der Waals surface area contributed by atoms with Gasteiger partial charge in [-0.25, -0.2) is 0 Å². The number of aromatic nitrogens is 1. The SMILES string of the molecule is CCN(CC)c1ccc(NC(=O)c2c(-c3c(Cl)cccc3Cl)noc2CCOC)cc1.